The van der Waals surface area contributed by atoms with Crippen LogP contribution in [0.5, 0.6) is 5.75 Å². The van der Waals surface area contributed by atoms with Crippen molar-refractivity contribution in [2.24, 2.45) is 0 Å². The van der Waals surface area contributed by atoms with Gasteiger partial charge in [0.05, 0.1) is 10.4 Å². The summed E-state index contributed by atoms with van der Waals surface area (Å²) in [5.74, 6) is -5.39. The molecule has 0 saturated carbocycles. The molecule has 0 radical (unpaired) electrons. The van der Waals surface area contributed by atoms with Crippen molar-refractivity contribution in [3.8, 4) is 5.75 Å². The fourth-order valence-electron chi connectivity index (χ4n) is 2.36. The van der Waals surface area contributed by atoms with Crippen LogP contribution in [0.2, 0.25) is 5.02 Å². The molecule has 27 heavy (non-hydrogen) atoms. The fraction of sp³-hybridized carbons (Fsp3) is 0.188. The van der Waals surface area contributed by atoms with Gasteiger partial charge in [-0.2, -0.15) is 0 Å². The van der Waals surface area contributed by atoms with Gasteiger partial charge < -0.3 is 14.0 Å². The molecule has 2 amide bonds. The first kappa shape index (κ1) is 18.5. The Morgan fingerprint density at radius 1 is 1.19 bits per heavy atom. The first-order chi connectivity index (χ1) is 12.7. The summed E-state index contributed by atoms with van der Waals surface area (Å²) in [6.07, 6.45) is -0.342. The van der Waals surface area contributed by atoms with Crippen LogP contribution in [0.25, 0.3) is 11.0 Å². The highest BCUT2D eigenvalue weighted by Crippen LogP contribution is 2.32. The van der Waals surface area contributed by atoms with E-state index in [1.807, 2.05) is 0 Å². The van der Waals surface area contributed by atoms with Crippen LogP contribution in [-0.2, 0) is 19.2 Å². The molecule has 11 heteroatoms. The highest BCUT2D eigenvalue weighted by molar-refractivity contribution is 6.33. The van der Waals surface area contributed by atoms with Gasteiger partial charge in [0.2, 0.25) is 0 Å². The average molecular weight is 398 g/mol. The van der Waals surface area contributed by atoms with E-state index in [1.54, 1.807) is 0 Å². The van der Waals surface area contributed by atoms with Gasteiger partial charge in [0.25, 0.3) is 11.8 Å². The van der Waals surface area contributed by atoms with Crippen molar-refractivity contribution >= 4 is 46.3 Å². The van der Waals surface area contributed by atoms with Gasteiger partial charge >= 0.3 is 17.6 Å². The Hall–Kier alpha value is -3.27. The van der Waals surface area contributed by atoms with E-state index >= 15 is 0 Å². The topological polar surface area (TPSA) is 120 Å². The Kier molecular flexibility index (Phi) is 4.66. The first-order valence-corrected chi connectivity index (χ1v) is 7.79. The van der Waals surface area contributed by atoms with Crippen molar-refractivity contribution in [3.63, 3.8) is 0 Å². The number of benzene rings is 1. The molecule has 1 aliphatic rings. The normalized spacial score (nSPS) is 14.0. The minimum atomic E-state index is -1.58. The smallest absolute Gasteiger partial charge is 0.374 e. The maximum Gasteiger partial charge on any atom is 0.374 e. The second-order valence-corrected chi connectivity index (χ2v) is 5.82. The van der Waals surface area contributed by atoms with Crippen LogP contribution in [0.4, 0.5) is 4.39 Å². The molecule has 2 heterocycles. The highest BCUT2D eigenvalue weighted by Gasteiger charge is 2.35. The SMILES string of the molecule is CC(=O)Oc1cc2oc(=O)c(C(=O)ON3C(=O)CCC3=O)c(F)c2cc1Cl. The van der Waals surface area contributed by atoms with Crippen LogP contribution in [0.1, 0.15) is 30.1 Å². The number of hydroxylamine groups is 2. The fourth-order valence-corrected chi connectivity index (χ4v) is 2.56. The minimum Gasteiger partial charge on any atom is -0.425 e. The molecule has 0 spiro atoms. The molecule has 140 valence electrons. The number of hydrogen-bond donors (Lipinski definition) is 0. The first-order valence-electron chi connectivity index (χ1n) is 7.41. The van der Waals surface area contributed by atoms with Crippen molar-refractivity contribution in [3.05, 3.63) is 39.0 Å². The van der Waals surface area contributed by atoms with E-state index in [2.05, 4.69) is 4.84 Å². The van der Waals surface area contributed by atoms with Gasteiger partial charge in [0, 0.05) is 25.8 Å². The number of nitrogens with zero attached hydrogens (tertiary/aromatic N) is 1. The number of fused-ring (bicyclic) bond motifs is 1. The molecule has 3 rings (SSSR count). The molecule has 0 atom stereocenters. The lowest BCUT2D eigenvalue weighted by Gasteiger charge is -2.13. The van der Waals surface area contributed by atoms with Crippen LogP contribution in [0.3, 0.4) is 0 Å². The van der Waals surface area contributed by atoms with E-state index in [-0.39, 0.29) is 39.6 Å². The van der Waals surface area contributed by atoms with E-state index < -0.39 is 40.8 Å². The highest BCUT2D eigenvalue weighted by atomic mass is 35.5. The lowest BCUT2D eigenvalue weighted by atomic mass is 10.1. The molecule has 1 saturated heterocycles. The van der Waals surface area contributed by atoms with Crippen molar-refractivity contribution < 1.29 is 37.6 Å². The number of carbonyl (C=O) groups is 4. The number of imide groups is 1. The molecule has 0 bridgehead atoms. The van der Waals surface area contributed by atoms with Gasteiger partial charge in [0.15, 0.2) is 17.1 Å². The monoisotopic (exact) mass is 397 g/mol. The Morgan fingerprint density at radius 3 is 2.41 bits per heavy atom. The molecule has 0 unspecified atom stereocenters. The zero-order valence-corrected chi connectivity index (χ0v) is 14.3. The summed E-state index contributed by atoms with van der Waals surface area (Å²) >= 11 is 5.89. The molecule has 1 aliphatic heterocycles. The average Bonchev–Trinajstić information content (AvgIpc) is 2.88. The van der Waals surface area contributed by atoms with Gasteiger partial charge in [-0.05, 0) is 6.07 Å². The van der Waals surface area contributed by atoms with Gasteiger partial charge in [-0.1, -0.05) is 11.6 Å². The lowest BCUT2D eigenvalue weighted by molar-refractivity contribution is -0.172. The summed E-state index contributed by atoms with van der Waals surface area (Å²) in [4.78, 5) is 62.6. The Labute approximate surface area is 154 Å². The summed E-state index contributed by atoms with van der Waals surface area (Å²) in [5, 5.41) is -0.390. The maximum atomic E-state index is 14.7. The van der Waals surface area contributed by atoms with E-state index in [0.29, 0.717) is 0 Å². The zero-order valence-electron chi connectivity index (χ0n) is 13.5. The summed E-state index contributed by atoms with van der Waals surface area (Å²) in [6.45, 7) is 1.11. The van der Waals surface area contributed by atoms with Gasteiger partial charge in [0.1, 0.15) is 5.58 Å². The van der Waals surface area contributed by atoms with Crippen molar-refractivity contribution in [1.29, 1.82) is 0 Å². The van der Waals surface area contributed by atoms with Gasteiger partial charge in [-0.15, -0.1) is 5.06 Å². The number of ether oxygens (including phenoxy) is 1. The van der Waals surface area contributed by atoms with E-state index in [9.17, 15) is 28.4 Å². The van der Waals surface area contributed by atoms with Crippen LogP contribution in [-0.4, -0.2) is 28.8 Å². The number of esters is 1. The van der Waals surface area contributed by atoms with Crippen LogP contribution >= 0.6 is 11.6 Å². The van der Waals surface area contributed by atoms with Crippen LogP contribution < -0.4 is 10.4 Å². The number of hydrogen-bond acceptors (Lipinski definition) is 8. The lowest BCUT2D eigenvalue weighted by Crippen LogP contribution is -2.34. The number of rotatable bonds is 3. The maximum absolute atomic E-state index is 14.7. The molecule has 1 aromatic heterocycles. The third-order valence-electron chi connectivity index (χ3n) is 3.53. The van der Waals surface area contributed by atoms with Crippen molar-refractivity contribution in [1.82, 2.24) is 5.06 Å². The van der Waals surface area contributed by atoms with E-state index in [4.69, 9.17) is 20.8 Å². The number of halogens is 2. The minimum absolute atomic E-state index is 0.169. The summed E-state index contributed by atoms with van der Waals surface area (Å²) in [7, 11) is 0. The van der Waals surface area contributed by atoms with Gasteiger partial charge in [-0.25, -0.2) is 14.0 Å². The second kappa shape index (κ2) is 6.80. The molecular formula is C16H9ClFNO8. The Balaban J connectivity index is 2.05. The summed E-state index contributed by atoms with van der Waals surface area (Å²) < 4.78 is 24.4. The van der Waals surface area contributed by atoms with Crippen molar-refractivity contribution in [2.75, 3.05) is 0 Å². The van der Waals surface area contributed by atoms with Crippen LogP contribution in [0.15, 0.2) is 21.3 Å². The van der Waals surface area contributed by atoms with Gasteiger partial charge in [-0.3, -0.25) is 14.4 Å². The second-order valence-electron chi connectivity index (χ2n) is 5.41. The number of amides is 2. The third-order valence-corrected chi connectivity index (χ3v) is 3.83. The molecule has 0 N–H and O–H groups in total. The molecule has 2 aromatic rings. The molecule has 0 aliphatic carbocycles. The molecule has 9 nitrogen and oxygen atoms in total. The standard InChI is InChI=1S/C16H9ClFNO8/c1-6(20)25-10-5-9-7(4-8(10)17)14(18)13(15(23)26-9)16(24)27-19-11(21)2-3-12(19)22/h4-5H,2-3H2,1H3. The predicted octanol–water partition coefficient (Wildman–Crippen LogP) is 1.73. The summed E-state index contributed by atoms with van der Waals surface area (Å²) in [6, 6.07) is 1.99. The Morgan fingerprint density at radius 2 is 1.81 bits per heavy atom. The van der Waals surface area contributed by atoms with Crippen molar-refractivity contribution in [2.45, 2.75) is 19.8 Å². The molecule has 1 aromatic carbocycles. The Bertz CT molecular complexity index is 1060. The molecule has 1 fully saturated rings. The quantitative estimate of drug-likeness (QED) is 0.332. The van der Waals surface area contributed by atoms with E-state index in [0.717, 1.165) is 19.1 Å². The van der Waals surface area contributed by atoms with Crippen LogP contribution in [0, 0.1) is 5.82 Å². The zero-order chi connectivity index (χ0) is 19.9. The predicted molar refractivity (Wildman–Crippen MR) is 85.3 cm³/mol. The summed E-state index contributed by atoms with van der Waals surface area (Å²) in [5.41, 5.74) is -2.91. The largest absolute Gasteiger partial charge is 0.425 e. The number of carbonyl (C=O) groups excluding carboxylic acids is 4. The van der Waals surface area contributed by atoms with E-state index in [1.165, 1.54) is 0 Å². The molecular weight excluding hydrogens is 389 g/mol. The third kappa shape index (κ3) is 3.38.